The fourth-order valence-electron chi connectivity index (χ4n) is 2.17. The third kappa shape index (κ3) is 2.37. The lowest BCUT2D eigenvalue weighted by molar-refractivity contribution is 1.24. The molecule has 0 aliphatic heterocycles. The standard InChI is InChI=1S/C16H12N6/c1-3-7-17-11(5-1)16-20-12-9-15(19-10-13(12)21-16)22-14-6-2-4-8-18-14/h1-10H,(H,20,21)(H,18,19,22). The van der Waals surface area contributed by atoms with Crippen LogP contribution in [0.5, 0.6) is 0 Å². The van der Waals surface area contributed by atoms with Gasteiger partial charge in [0.15, 0.2) is 5.82 Å². The lowest BCUT2D eigenvalue weighted by Gasteiger charge is -2.03. The van der Waals surface area contributed by atoms with Gasteiger partial charge >= 0.3 is 0 Å². The summed E-state index contributed by atoms with van der Waals surface area (Å²) in [5.74, 6) is 2.17. The summed E-state index contributed by atoms with van der Waals surface area (Å²) >= 11 is 0. The Labute approximate surface area is 126 Å². The molecule has 0 saturated heterocycles. The van der Waals surface area contributed by atoms with Gasteiger partial charge in [-0.1, -0.05) is 12.1 Å². The minimum absolute atomic E-state index is 0.699. The van der Waals surface area contributed by atoms with Crippen molar-refractivity contribution in [2.45, 2.75) is 0 Å². The number of H-pyrrole nitrogens is 1. The maximum Gasteiger partial charge on any atom is 0.157 e. The minimum Gasteiger partial charge on any atom is -0.335 e. The first kappa shape index (κ1) is 12.5. The SMILES string of the molecule is c1ccc(Nc2cc3nc(-c4ccccn4)[nH]c3cn2)nc1. The van der Waals surface area contributed by atoms with E-state index in [2.05, 4.69) is 30.2 Å². The van der Waals surface area contributed by atoms with Crippen LogP contribution in [0.15, 0.2) is 61.1 Å². The Balaban J connectivity index is 1.69. The Bertz CT molecular complexity index is 902. The molecular weight excluding hydrogens is 276 g/mol. The molecule has 0 unspecified atom stereocenters. The molecule has 0 saturated carbocycles. The molecule has 6 heteroatoms. The second-order valence-electron chi connectivity index (χ2n) is 4.73. The lowest BCUT2D eigenvalue weighted by atomic mass is 10.3. The average Bonchev–Trinajstić information content (AvgIpc) is 3.00. The number of anilines is 2. The lowest BCUT2D eigenvalue weighted by Crippen LogP contribution is -1.94. The first-order valence-electron chi connectivity index (χ1n) is 6.84. The van der Waals surface area contributed by atoms with Gasteiger partial charge in [0.25, 0.3) is 0 Å². The van der Waals surface area contributed by atoms with Gasteiger partial charge in [0.2, 0.25) is 0 Å². The van der Waals surface area contributed by atoms with Crippen LogP contribution in [0.3, 0.4) is 0 Å². The van der Waals surface area contributed by atoms with Crippen molar-refractivity contribution in [1.82, 2.24) is 24.9 Å². The Morgan fingerprint density at radius 3 is 2.50 bits per heavy atom. The quantitative estimate of drug-likeness (QED) is 0.605. The van der Waals surface area contributed by atoms with E-state index in [1.165, 1.54) is 0 Å². The van der Waals surface area contributed by atoms with Crippen molar-refractivity contribution in [2.24, 2.45) is 0 Å². The van der Waals surface area contributed by atoms with E-state index in [0.717, 1.165) is 28.4 Å². The molecule has 0 amide bonds. The zero-order chi connectivity index (χ0) is 14.8. The van der Waals surface area contributed by atoms with Gasteiger partial charge in [-0.25, -0.2) is 15.0 Å². The Kier molecular flexibility index (Phi) is 2.97. The average molecular weight is 288 g/mol. The van der Waals surface area contributed by atoms with Crippen molar-refractivity contribution in [3.05, 3.63) is 61.1 Å². The molecule has 106 valence electrons. The first-order chi connectivity index (χ1) is 10.9. The van der Waals surface area contributed by atoms with Crippen LogP contribution >= 0.6 is 0 Å². The van der Waals surface area contributed by atoms with Crippen LogP contribution in [-0.4, -0.2) is 24.9 Å². The summed E-state index contributed by atoms with van der Waals surface area (Å²) in [4.78, 5) is 20.7. The van der Waals surface area contributed by atoms with Gasteiger partial charge in [0.05, 0.1) is 17.2 Å². The second kappa shape index (κ2) is 5.25. The summed E-state index contributed by atoms with van der Waals surface area (Å²) in [5, 5.41) is 3.15. The highest BCUT2D eigenvalue weighted by atomic mass is 15.1. The van der Waals surface area contributed by atoms with Crippen LogP contribution in [-0.2, 0) is 0 Å². The number of hydrogen-bond acceptors (Lipinski definition) is 5. The largest absolute Gasteiger partial charge is 0.335 e. The number of hydrogen-bond donors (Lipinski definition) is 2. The van der Waals surface area contributed by atoms with Crippen LogP contribution in [0.1, 0.15) is 0 Å². The minimum atomic E-state index is 0.699. The highest BCUT2D eigenvalue weighted by Crippen LogP contribution is 2.21. The van der Waals surface area contributed by atoms with E-state index in [1.807, 2.05) is 42.5 Å². The van der Waals surface area contributed by atoms with E-state index in [4.69, 9.17) is 0 Å². The molecule has 6 nitrogen and oxygen atoms in total. The molecule has 0 aliphatic rings. The Morgan fingerprint density at radius 1 is 0.864 bits per heavy atom. The van der Waals surface area contributed by atoms with Crippen LogP contribution < -0.4 is 5.32 Å². The van der Waals surface area contributed by atoms with E-state index in [9.17, 15) is 0 Å². The maximum absolute atomic E-state index is 4.57. The van der Waals surface area contributed by atoms with Crippen molar-refractivity contribution in [1.29, 1.82) is 0 Å². The second-order valence-corrected chi connectivity index (χ2v) is 4.73. The monoisotopic (exact) mass is 288 g/mol. The number of nitrogens with zero attached hydrogens (tertiary/aromatic N) is 4. The zero-order valence-electron chi connectivity index (χ0n) is 11.6. The van der Waals surface area contributed by atoms with Crippen molar-refractivity contribution < 1.29 is 0 Å². The summed E-state index contributed by atoms with van der Waals surface area (Å²) in [5.41, 5.74) is 2.50. The number of fused-ring (bicyclic) bond motifs is 1. The van der Waals surface area contributed by atoms with Gasteiger partial charge < -0.3 is 10.3 Å². The maximum atomic E-state index is 4.57. The van der Waals surface area contributed by atoms with E-state index in [-0.39, 0.29) is 0 Å². The number of rotatable bonds is 3. The fraction of sp³-hybridized carbons (Fsp3) is 0. The van der Waals surface area contributed by atoms with Gasteiger partial charge in [0.1, 0.15) is 17.3 Å². The molecule has 0 atom stereocenters. The van der Waals surface area contributed by atoms with Crippen LogP contribution in [0.2, 0.25) is 0 Å². The van der Waals surface area contributed by atoms with E-state index >= 15 is 0 Å². The molecule has 0 spiro atoms. The third-order valence-electron chi connectivity index (χ3n) is 3.20. The van der Waals surface area contributed by atoms with Gasteiger partial charge in [-0.05, 0) is 24.3 Å². The number of imidazole rings is 1. The molecule has 4 rings (SSSR count). The van der Waals surface area contributed by atoms with Crippen LogP contribution in [0.4, 0.5) is 11.6 Å². The molecule has 4 aromatic heterocycles. The molecule has 0 aromatic carbocycles. The van der Waals surface area contributed by atoms with Crippen LogP contribution in [0, 0.1) is 0 Å². The highest BCUT2D eigenvalue weighted by Gasteiger charge is 2.07. The zero-order valence-corrected chi connectivity index (χ0v) is 11.6. The normalized spacial score (nSPS) is 10.7. The molecule has 0 fully saturated rings. The molecular formula is C16H12N6. The van der Waals surface area contributed by atoms with E-state index in [1.54, 1.807) is 18.6 Å². The summed E-state index contributed by atoms with van der Waals surface area (Å²) < 4.78 is 0. The fourth-order valence-corrected chi connectivity index (χ4v) is 2.17. The van der Waals surface area contributed by atoms with Crippen molar-refractivity contribution in [3.8, 4) is 11.5 Å². The van der Waals surface area contributed by atoms with Crippen molar-refractivity contribution in [2.75, 3.05) is 5.32 Å². The molecule has 2 N–H and O–H groups in total. The van der Waals surface area contributed by atoms with Gasteiger partial charge in [-0.15, -0.1) is 0 Å². The Hall–Kier alpha value is -3.28. The Morgan fingerprint density at radius 2 is 1.73 bits per heavy atom. The van der Waals surface area contributed by atoms with Gasteiger partial charge in [0, 0.05) is 18.5 Å². The molecule has 4 heterocycles. The van der Waals surface area contributed by atoms with Crippen LogP contribution in [0.25, 0.3) is 22.6 Å². The first-order valence-corrected chi connectivity index (χ1v) is 6.84. The summed E-state index contributed by atoms with van der Waals surface area (Å²) in [7, 11) is 0. The number of aromatic amines is 1. The van der Waals surface area contributed by atoms with E-state index in [0.29, 0.717) is 5.82 Å². The molecule has 22 heavy (non-hydrogen) atoms. The predicted octanol–water partition coefficient (Wildman–Crippen LogP) is 3.16. The number of aromatic nitrogens is 5. The van der Waals surface area contributed by atoms with Crippen molar-refractivity contribution >= 4 is 22.7 Å². The number of nitrogens with one attached hydrogen (secondary N) is 2. The van der Waals surface area contributed by atoms with Crippen molar-refractivity contribution in [3.63, 3.8) is 0 Å². The number of pyridine rings is 3. The van der Waals surface area contributed by atoms with Gasteiger partial charge in [-0.3, -0.25) is 4.98 Å². The summed E-state index contributed by atoms with van der Waals surface area (Å²) in [6, 6.07) is 13.3. The van der Waals surface area contributed by atoms with E-state index < -0.39 is 0 Å². The summed E-state index contributed by atoms with van der Waals surface area (Å²) in [6.45, 7) is 0. The molecule has 0 bridgehead atoms. The van der Waals surface area contributed by atoms with Gasteiger partial charge in [-0.2, -0.15) is 0 Å². The molecule has 0 aliphatic carbocycles. The smallest absolute Gasteiger partial charge is 0.157 e. The third-order valence-corrected chi connectivity index (χ3v) is 3.20. The topological polar surface area (TPSA) is 79.4 Å². The molecule has 4 aromatic rings. The predicted molar refractivity (Wildman–Crippen MR) is 84.6 cm³/mol. The highest BCUT2D eigenvalue weighted by molar-refractivity contribution is 5.80. The molecule has 0 radical (unpaired) electrons. The summed E-state index contributed by atoms with van der Waals surface area (Å²) in [6.07, 6.45) is 5.23.